The lowest BCUT2D eigenvalue weighted by Crippen LogP contribution is -2.04. The molecule has 1 rings (SSSR count). The summed E-state index contributed by atoms with van der Waals surface area (Å²) in [6.07, 6.45) is 13.5. The molecule has 0 aromatic rings. The van der Waals surface area contributed by atoms with E-state index in [1.165, 1.54) is 51.4 Å². The molecule has 1 heterocycles. The Bertz CT molecular complexity index is 315. The van der Waals surface area contributed by atoms with Gasteiger partial charge in [-0.1, -0.05) is 75.8 Å². The Kier molecular flexibility index (Phi) is 14.0. The van der Waals surface area contributed by atoms with Crippen molar-refractivity contribution in [2.45, 2.75) is 77.6 Å². The van der Waals surface area contributed by atoms with Crippen LogP contribution in [0.15, 0.2) is 0 Å². The molecule has 0 aromatic carbocycles. The van der Waals surface area contributed by atoms with Crippen LogP contribution in [0.4, 0.5) is 0 Å². The molecular formula is C15H31O8P. The first-order valence-corrected chi connectivity index (χ1v) is 10.4. The minimum Gasteiger partial charge on any atom is -0.285 e. The van der Waals surface area contributed by atoms with E-state index in [0.29, 0.717) is 0 Å². The quantitative estimate of drug-likeness (QED) is 0.249. The zero-order chi connectivity index (χ0) is 17.3. The largest absolute Gasteiger partial charge is 0.504 e. The van der Waals surface area contributed by atoms with Crippen molar-refractivity contribution < 1.29 is 38.3 Å². The van der Waals surface area contributed by atoms with Gasteiger partial charge in [0.05, 0.1) is 13.2 Å². The van der Waals surface area contributed by atoms with Crippen molar-refractivity contribution in [3.63, 3.8) is 0 Å². The molecule has 1 fully saturated rings. The molecule has 1 atom stereocenters. The molecule has 0 bridgehead atoms. The molecule has 0 aliphatic carbocycles. The highest BCUT2D eigenvalue weighted by atomic mass is 31.2. The molecule has 24 heavy (non-hydrogen) atoms. The van der Waals surface area contributed by atoms with Gasteiger partial charge in [0, 0.05) is 0 Å². The standard InChI is InChI=1S/C15H31O8P/c1-2-3-4-5-6-7-8-9-10-11-12-13-18-24(16)19-15-14-17-20-21-22-23-24/h2-15H2,1H3. The highest BCUT2D eigenvalue weighted by Crippen LogP contribution is 2.50. The predicted molar refractivity (Wildman–Crippen MR) is 86.3 cm³/mol. The summed E-state index contributed by atoms with van der Waals surface area (Å²) < 4.78 is 26.6. The van der Waals surface area contributed by atoms with Crippen LogP contribution in [0.25, 0.3) is 0 Å². The van der Waals surface area contributed by atoms with Gasteiger partial charge in [-0.05, 0) is 21.5 Å². The fourth-order valence-electron chi connectivity index (χ4n) is 2.32. The summed E-state index contributed by atoms with van der Waals surface area (Å²) in [5.74, 6) is 0. The molecule has 144 valence electrons. The van der Waals surface area contributed by atoms with Crippen LogP contribution in [0.3, 0.4) is 0 Å². The van der Waals surface area contributed by atoms with Crippen LogP contribution in [0, 0.1) is 0 Å². The average Bonchev–Trinajstić information content (AvgIpc) is 2.68. The first-order valence-electron chi connectivity index (χ1n) is 8.97. The lowest BCUT2D eigenvalue weighted by Gasteiger charge is -2.13. The van der Waals surface area contributed by atoms with Gasteiger partial charge in [-0.2, -0.15) is 0 Å². The third-order valence-electron chi connectivity index (χ3n) is 3.64. The van der Waals surface area contributed by atoms with Crippen LogP contribution in [-0.4, -0.2) is 19.8 Å². The molecule has 0 spiro atoms. The van der Waals surface area contributed by atoms with Crippen LogP contribution < -0.4 is 0 Å². The Labute approximate surface area is 144 Å². The highest BCUT2D eigenvalue weighted by Gasteiger charge is 2.30. The zero-order valence-electron chi connectivity index (χ0n) is 14.6. The van der Waals surface area contributed by atoms with Gasteiger partial charge in [0.15, 0.2) is 0 Å². The maximum atomic E-state index is 12.1. The first kappa shape index (κ1) is 22.0. The van der Waals surface area contributed by atoms with Crippen LogP contribution in [0.2, 0.25) is 0 Å². The second-order valence-electron chi connectivity index (χ2n) is 5.75. The average molecular weight is 370 g/mol. The summed E-state index contributed by atoms with van der Waals surface area (Å²) in [4.78, 5) is 4.44. The van der Waals surface area contributed by atoms with E-state index >= 15 is 0 Å². The lowest BCUT2D eigenvalue weighted by molar-refractivity contribution is -0.691. The fraction of sp³-hybridized carbons (Fsp3) is 1.00. The van der Waals surface area contributed by atoms with Crippen molar-refractivity contribution in [2.75, 3.05) is 19.8 Å². The smallest absolute Gasteiger partial charge is 0.285 e. The van der Waals surface area contributed by atoms with Gasteiger partial charge in [0.1, 0.15) is 6.61 Å². The maximum absolute atomic E-state index is 12.1. The number of hydrogen-bond donors (Lipinski definition) is 0. The van der Waals surface area contributed by atoms with Crippen LogP contribution in [0.1, 0.15) is 77.6 Å². The van der Waals surface area contributed by atoms with E-state index in [2.05, 4.69) is 31.6 Å². The van der Waals surface area contributed by atoms with Crippen molar-refractivity contribution in [3.05, 3.63) is 0 Å². The molecule has 8 nitrogen and oxygen atoms in total. The third-order valence-corrected chi connectivity index (χ3v) is 4.88. The highest BCUT2D eigenvalue weighted by molar-refractivity contribution is 7.48. The van der Waals surface area contributed by atoms with Crippen molar-refractivity contribution in [2.24, 2.45) is 0 Å². The van der Waals surface area contributed by atoms with Gasteiger partial charge >= 0.3 is 7.82 Å². The van der Waals surface area contributed by atoms with Crippen LogP contribution in [0.5, 0.6) is 0 Å². The molecule has 1 saturated heterocycles. The predicted octanol–water partition coefficient (Wildman–Crippen LogP) is 5.20. The third kappa shape index (κ3) is 12.3. The Morgan fingerprint density at radius 1 is 0.792 bits per heavy atom. The van der Waals surface area contributed by atoms with Crippen molar-refractivity contribution in [1.82, 2.24) is 0 Å². The second-order valence-corrected chi connectivity index (χ2v) is 7.31. The monoisotopic (exact) mass is 370 g/mol. The summed E-state index contributed by atoms with van der Waals surface area (Å²) in [6, 6.07) is 0. The van der Waals surface area contributed by atoms with Crippen LogP contribution in [-0.2, 0) is 38.3 Å². The van der Waals surface area contributed by atoms with Gasteiger partial charge in [-0.15, -0.1) is 0 Å². The molecule has 0 aromatic heterocycles. The second kappa shape index (κ2) is 15.2. The number of hydrogen-bond acceptors (Lipinski definition) is 8. The lowest BCUT2D eigenvalue weighted by atomic mass is 10.1. The minimum absolute atomic E-state index is 0.0124. The Morgan fingerprint density at radius 2 is 1.42 bits per heavy atom. The Balaban J connectivity index is 1.92. The molecule has 0 radical (unpaired) electrons. The van der Waals surface area contributed by atoms with E-state index < -0.39 is 7.82 Å². The summed E-state index contributed by atoms with van der Waals surface area (Å²) in [6.45, 7) is 2.49. The van der Waals surface area contributed by atoms with Gasteiger partial charge in [-0.25, -0.2) is 9.45 Å². The summed E-state index contributed by atoms with van der Waals surface area (Å²) in [5, 5.41) is 12.1. The van der Waals surface area contributed by atoms with E-state index in [4.69, 9.17) is 9.05 Å². The van der Waals surface area contributed by atoms with Crippen LogP contribution >= 0.6 is 7.82 Å². The molecule has 0 saturated carbocycles. The molecule has 9 heteroatoms. The summed E-state index contributed by atoms with van der Waals surface area (Å²) >= 11 is 0. The number of phosphoric acid groups is 1. The van der Waals surface area contributed by atoms with Crippen molar-refractivity contribution in [1.29, 1.82) is 0 Å². The molecule has 1 aliphatic rings. The molecule has 0 N–H and O–H groups in total. The van der Waals surface area contributed by atoms with E-state index in [1.54, 1.807) is 0 Å². The summed E-state index contributed by atoms with van der Waals surface area (Å²) in [7, 11) is -3.80. The SMILES string of the molecule is CCCCCCCCCCCCCOP1(=O)OCCOOOOO1. The van der Waals surface area contributed by atoms with Gasteiger partial charge in [-0.3, -0.25) is 9.05 Å². The van der Waals surface area contributed by atoms with Crippen molar-refractivity contribution >= 4 is 7.82 Å². The molecular weight excluding hydrogens is 339 g/mol. The minimum atomic E-state index is -3.80. The van der Waals surface area contributed by atoms with E-state index in [9.17, 15) is 4.57 Å². The maximum Gasteiger partial charge on any atom is 0.504 e. The number of unbranched alkanes of at least 4 members (excludes halogenated alkanes) is 10. The normalized spacial score (nSPS) is 22.7. The first-order chi connectivity index (χ1) is 11.8. The molecule has 1 unspecified atom stereocenters. The number of phosphoric ester groups is 1. The van der Waals surface area contributed by atoms with E-state index in [-0.39, 0.29) is 19.8 Å². The summed E-state index contributed by atoms with van der Waals surface area (Å²) in [5.41, 5.74) is 0. The van der Waals surface area contributed by atoms with E-state index in [0.717, 1.165) is 19.3 Å². The fourth-order valence-corrected chi connectivity index (χ4v) is 3.23. The topological polar surface area (TPSA) is 81.7 Å². The zero-order valence-corrected chi connectivity index (χ0v) is 15.5. The Morgan fingerprint density at radius 3 is 2.08 bits per heavy atom. The van der Waals surface area contributed by atoms with Crippen molar-refractivity contribution in [3.8, 4) is 0 Å². The molecule has 1 aliphatic heterocycles. The van der Waals surface area contributed by atoms with Gasteiger partial charge in [0.2, 0.25) is 0 Å². The van der Waals surface area contributed by atoms with E-state index in [1.807, 2.05) is 0 Å². The van der Waals surface area contributed by atoms with Gasteiger partial charge in [0.25, 0.3) is 0 Å². The Hall–Kier alpha value is -0.0500. The molecule has 0 amide bonds. The number of rotatable bonds is 13. The van der Waals surface area contributed by atoms with Gasteiger partial charge < -0.3 is 0 Å².